The molecule has 1 unspecified atom stereocenters. The number of aliphatic hydroxyl groups excluding tert-OH is 1. The van der Waals surface area contributed by atoms with E-state index < -0.39 is 0 Å². The van der Waals surface area contributed by atoms with Gasteiger partial charge in [0.25, 0.3) is 0 Å². The van der Waals surface area contributed by atoms with Gasteiger partial charge in [-0.25, -0.2) is 0 Å². The molecular weight excluding hydrogens is 154 g/mol. The largest absolute Gasteiger partial charge is 0.396 e. The van der Waals surface area contributed by atoms with Gasteiger partial charge in [-0.15, -0.1) is 24.4 Å². The zero-order valence-corrected chi connectivity index (χ0v) is 6.66. The van der Waals surface area contributed by atoms with Gasteiger partial charge in [0.2, 0.25) is 0 Å². The molecule has 0 radical (unpaired) electrons. The topological polar surface area (TPSA) is 32.6 Å². The van der Waals surface area contributed by atoms with Crippen LogP contribution in [-0.4, -0.2) is 27.9 Å². The monoisotopic (exact) mass is 163 g/mol. The van der Waals surface area contributed by atoms with Crippen LogP contribution in [0.2, 0.25) is 0 Å². The van der Waals surface area contributed by atoms with Gasteiger partial charge in [0.05, 0.1) is 0 Å². The number of hydrogen-bond donors (Lipinski definition) is 2. The van der Waals surface area contributed by atoms with Gasteiger partial charge in [0.15, 0.2) is 4.20 Å². The first-order valence-electron chi connectivity index (χ1n) is 2.78. The molecule has 0 aliphatic carbocycles. The fraction of sp³-hybridized carbons (Fsp3) is 0.800. The number of hydrogen-bond acceptors (Lipinski definition) is 4. The van der Waals surface area contributed by atoms with E-state index in [9.17, 15) is 0 Å². The van der Waals surface area contributed by atoms with Crippen LogP contribution in [0.4, 0.5) is 0 Å². The predicted molar refractivity (Wildman–Crippen MR) is 44.4 cm³/mol. The van der Waals surface area contributed by atoms with Crippen molar-refractivity contribution < 1.29 is 5.11 Å². The SMILES string of the molecule is OCCC1(S)N=CCS1. The van der Waals surface area contributed by atoms with Gasteiger partial charge in [-0.2, -0.15) is 0 Å². The Bertz CT molecular complexity index is 128. The highest BCUT2D eigenvalue weighted by atomic mass is 32.2. The van der Waals surface area contributed by atoms with Crippen LogP contribution in [0.25, 0.3) is 0 Å². The summed E-state index contributed by atoms with van der Waals surface area (Å²) < 4.78 is -0.325. The van der Waals surface area contributed by atoms with Crippen molar-refractivity contribution in [1.29, 1.82) is 0 Å². The van der Waals surface area contributed by atoms with Gasteiger partial charge in [-0.1, -0.05) is 0 Å². The first-order valence-corrected chi connectivity index (χ1v) is 4.21. The van der Waals surface area contributed by atoms with E-state index in [0.29, 0.717) is 6.42 Å². The van der Waals surface area contributed by atoms with Gasteiger partial charge in [0.1, 0.15) is 0 Å². The molecule has 0 amide bonds. The summed E-state index contributed by atoms with van der Waals surface area (Å²) in [4.78, 5) is 4.10. The maximum Gasteiger partial charge on any atom is 0.151 e. The van der Waals surface area contributed by atoms with Crippen molar-refractivity contribution in [2.45, 2.75) is 10.6 Å². The Morgan fingerprint density at radius 3 is 3.11 bits per heavy atom. The van der Waals surface area contributed by atoms with Crippen molar-refractivity contribution in [3.63, 3.8) is 0 Å². The van der Waals surface area contributed by atoms with Crippen molar-refractivity contribution >= 4 is 30.6 Å². The summed E-state index contributed by atoms with van der Waals surface area (Å²) in [7, 11) is 0. The molecule has 1 N–H and O–H groups in total. The second kappa shape index (κ2) is 2.94. The van der Waals surface area contributed by atoms with Crippen molar-refractivity contribution in [2.24, 2.45) is 4.99 Å². The maximum atomic E-state index is 8.56. The van der Waals surface area contributed by atoms with E-state index in [1.54, 1.807) is 11.8 Å². The molecule has 1 aliphatic rings. The van der Waals surface area contributed by atoms with E-state index in [1.165, 1.54) is 0 Å². The molecule has 52 valence electrons. The lowest BCUT2D eigenvalue weighted by Crippen LogP contribution is -2.11. The Morgan fingerprint density at radius 1 is 1.89 bits per heavy atom. The highest BCUT2D eigenvalue weighted by Gasteiger charge is 2.26. The van der Waals surface area contributed by atoms with Crippen molar-refractivity contribution in [3.8, 4) is 0 Å². The Hall–Kier alpha value is 0.330. The smallest absolute Gasteiger partial charge is 0.151 e. The number of thioether (sulfide) groups is 1. The molecule has 1 heterocycles. The highest BCUT2D eigenvalue weighted by molar-refractivity contribution is 8.12. The van der Waals surface area contributed by atoms with Crippen molar-refractivity contribution in [1.82, 2.24) is 0 Å². The van der Waals surface area contributed by atoms with Crippen molar-refractivity contribution in [3.05, 3.63) is 0 Å². The number of aliphatic hydroxyl groups is 1. The van der Waals surface area contributed by atoms with E-state index in [1.807, 2.05) is 6.21 Å². The van der Waals surface area contributed by atoms with Crippen LogP contribution in [0.5, 0.6) is 0 Å². The number of nitrogens with zero attached hydrogens (tertiary/aromatic N) is 1. The van der Waals surface area contributed by atoms with Crippen LogP contribution in [0.15, 0.2) is 4.99 Å². The molecule has 1 atom stereocenters. The summed E-state index contributed by atoms with van der Waals surface area (Å²) in [6.07, 6.45) is 2.48. The van der Waals surface area contributed by atoms with Gasteiger partial charge in [-0.05, 0) is 0 Å². The van der Waals surface area contributed by atoms with Crippen molar-refractivity contribution in [2.75, 3.05) is 12.4 Å². The van der Waals surface area contributed by atoms with Crippen LogP contribution in [0.3, 0.4) is 0 Å². The first kappa shape index (κ1) is 7.44. The molecule has 0 aromatic carbocycles. The lowest BCUT2D eigenvalue weighted by atomic mass is 10.4. The minimum Gasteiger partial charge on any atom is -0.396 e. The molecule has 0 aromatic heterocycles. The number of thiol groups is 1. The summed E-state index contributed by atoms with van der Waals surface area (Å²) in [5.41, 5.74) is 0. The minimum absolute atomic E-state index is 0.161. The third kappa shape index (κ3) is 1.88. The van der Waals surface area contributed by atoms with Gasteiger partial charge in [-0.3, -0.25) is 4.99 Å². The average molecular weight is 163 g/mol. The van der Waals surface area contributed by atoms with E-state index in [2.05, 4.69) is 17.6 Å². The molecule has 0 saturated carbocycles. The molecule has 0 aromatic rings. The van der Waals surface area contributed by atoms with Gasteiger partial charge >= 0.3 is 0 Å². The molecular formula is C5H9NOS2. The van der Waals surface area contributed by atoms with E-state index >= 15 is 0 Å². The molecule has 9 heavy (non-hydrogen) atoms. The summed E-state index contributed by atoms with van der Waals surface area (Å²) in [6, 6.07) is 0. The third-order valence-corrected chi connectivity index (χ3v) is 2.93. The molecule has 4 heteroatoms. The minimum atomic E-state index is -0.325. The van der Waals surface area contributed by atoms with E-state index in [4.69, 9.17) is 5.11 Å². The molecule has 0 fully saturated rings. The molecule has 2 nitrogen and oxygen atoms in total. The van der Waals surface area contributed by atoms with Crippen LogP contribution >= 0.6 is 24.4 Å². The molecule has 0 spiro atoms. The normalized spacial score (nSPS) is 33.6. The second-order valence-electron chi connectivity index (χ2n) is 1.84. The fourth-order valence-electron chi connectivity index (χ4n) is 0.670. The Kier molecular flexibility index (Phi) is 2.43. The van der Waals surface area contributed by atoms with Crippen LogP contribution in [-0.2, 0) is 0 Å². The molecule has 1 rings (SSSR count). The number of aliphatic imine (C=N–C) groups is 1. The van der Waals surface area contributed by atoms with Crippen LogP contribution in [0, 0.1) is 0 Å². The molecule has 0 saturated heterocycles. The Morgan fingerprint density at radius 2 is 2.67 bits per heavy atom. The summed E-state index contributed by atoms with van der Waals surface area (Å²) in [6.45, 7) is 0.161. The highest BCUT2D eigenvalue weighted by Crippen LogP contribution is 2.37. The predicted octanol–water partition coefficient (Wildman–Crippen LogP) is 0.770. The fourth-order valence-corrected chi connectivity index (χ4v) is 1.88. The Labute approximate surface area is 64.2 Å². The van der Waals surface area contributed by atoms with E-state index in [0.717, 1.165) is 5.75 Å². The average Bonchev–Trinajstić information content (AvgIpc) is 2.16. The number of rotatable bonds is 2. The summed E-state index contributed by atoms with van der Waals surface area (Å²) >= 11 is 5.92. The first-order chi connectivity index (χ1) is 4.27. The second-order valence-corrected chi connectivity index (χ2v) is 4.18. The zero-order chi connectivity index (χ0) is 6.74. The van der Waals surface area contributed by atoms with Crippen LogP contribution in [0.1, 0.15) is 6.42 Å². The molecule has 0 bridgehead atoms. The van der Waals surface area contributed by atoms with Crippen LogP contribution < -0.4 is 0 Å². The standard InChI is InChI=1S/C5H9NOS2/c7-3-1-5(8)6-2-4-9-5/h2,7-8H,1,3-4H2. The third-order valence-electron chi connectivity index (χ3n) is 1.12. The lowest BCUT2D eigenvalue weighted by Gasteiger charge is -2.15. The summed E-state index contributed by atoms with van der Waals surface area (Å²) in [5.74, 6) is 0.920. The van der Waals surface area contributed by atoms with Gasteiger partial charge < -0.3 is 5.11 Å². The van der Waals surface area contributed by atoms with E-state index in [-0.39, 0.29) is 10.8 Å². The summed E-state index contributed by atoms with van der Waals surface area (Å²) in [5, 5.41) is 8.56. The zero-order valence-electron chi connectivity index (χ0n) is 4.95. The maximum absolute atomic E-state index is 8.56. The quantitative estimate of drug-likeness (QED) is 0.589. The van der Waals surface area contributed by atoms with Gasteiger partial charge in [0, 0.05) is 25.0 Å². The molecule has 1 aliphatic heterocycles. The lowest BCUT2D eigenvalue weighted by molar-refractivity contribution is 0.285. The Balaban J connectivity index is 2.42.